The fraction of sp³-hybridized carbons (Fsp3) is 0.167. The van der Waals surface area contributed by atoms with Crippen molar-refractivity contribution in [2.24, 2.45) is 0 Å². The molecule has 0 aliphatic carbocycles. The zero-order chi connectivity index (χ0) is 22.5. The Balaban J connectivity index is 1.39. The summed E-state index contributed by atoms with van der Waals surface area (Å²) in [5.41, 5.74) is 2.08. The number of aromatic nitrogens is 3. The number of rotatable bonds is 7. The zero-order valence-corrected chi connectivity index (χ0v) is 17.5. The van der Waals surface area contributed by atoms with Gasteiger partial charge in [0.15, 0.2) is 0 Å². The van der Waals surface area contributed by atoms with Crippen molar-refractivity contribution in [3.05, 3.63) is 88.6 Å². The number of carbonyl (C=O) groups is 2. The van der Waals surface area contributed by atoms with Gasteiger partial charge in [-0.25, -0.2) is 4.98 Å². The van der Waals surface area contributed by atoms with E-state index in [4.69, 9.17) is 0 Å². The molecule has 8 heteroatoms. The summed E-state index contributed by atoms with van der Waals surface area (Å²) in [4.78, 5) is 48.0. The first-order chi connectivity index (χ1) is 15.6. The predicted octanol–water partition coefficient (Wildman–Crippen LogP) is 2.92. The topological polar surface area (TPSA) is 120 Å². The third-order valence-electron chi connectivity index (χ3n) is 5.20. The Bertz CT molecular complexity index is 1310. The normalized spacial score (nSPS) is 11.8. The van der Waals surface area contributed by atoms with Crippen molar-refractivity contribution < 1.29 is 9.59 Å². The number of aromatic amines is 2. The number of H-pyrrole nitrogens is 2. The van der Waals surface area contributed by atoms with E-state index in [0.717, 1.165) is 11.3 Å². The van der Waals surface area contributed by atoms with Crippen LogP contribution in [0.3, 0.4) is 0 Å². The Hall–Kier alpha value is -4.20. The summed E-state index contributed by atoms with van der Waals surface area (Å²) in [7, 11) is 0. The number of imidazole rings is 1. The van der Waals surface area contributed by atoms with E-state index in [1.165, 1.54) is 6.20 Å². The van der Waals surface area contributed by atoms with Crippen LogP contribution < -0.4 is 16.1 Å². The highest BCUT2D eigenvalue weighted by molar-refractivity contribution is 5.98. The smallest absolute Gasteiger partial charge is 0.257 e. The van der Waals surface area contributed by atoms with E-state index >= 15 is 0 Å². The van der Waals surface area contributed by atoms with Crippen LogP contribution in [0.15, 0.2) is 71.8 Å². The molecule has 2 heterocycles. The number of benzene rings is 2. The molecule has 4 rings (SSSR count). The first kappa shape index (κ1) is 21.0. The molecule has 0 spiro atoms. The second kappa shape index (κ2) is 9.30. The zero-order valence-electron chi connectivity index (χ0n) is 17.5. The minimum atomic E-state index is -0.607. The number of nitrogens with zero attached hydrogens (tertiary/aromatic N) is 1. The molecule has 2 aromatic heterocycles. The molecule has 0 aliphatic rings. The number of hydrogen-bond donors (Lipinski definition) is 4. The number of para-hydroxylation sites is 1. The van der Waals surface area contributed by atoms with Crippen LogP contribution >= 0.6 is 0 Å². The first-order valence-corrected chi connectivity index (χ1v) is 10.3. The molecule has 32 heavy (non-hydrogen) atoms. The molecule has 0 radical (unpaired) electrons. The lowest BCUT2D eigenvalue weighted by molar-refractivity contribution is -0.121. The average molecular weight is 429 g/mol. The maximum atomic E-state index is 12.5. The van der Waals surface area contributed by atoms with Gasteiger partial charge in [0, 0.05) is 17.1 Å². The molecule has 2 amide bonds. The number of nitrogens with one attached hydrogen (secondary N) is 4. The molecular weight excluding hydrogens is 406 g/mol. The number of amides is 2. The van der Waals surface area contributed by atoms with Gasteiger partial charge in [-0.1, -0.05) is 49.4 Å². The van der Waals surface area contributed by atoms with Gasteiger partial charge in [-0.2, -0.15) is 0 Å². The molecule has 4 aromatic rings. The highest BCUT2D eigenvalue weighted by Gasteiger charge is 2.18. The Kier molecular flexibility index (Phi) is 6.12. The Morgan fingerprint density at radius 1 is 1.06 bits per heavy atom. The Morgan fingerprint density at radius 2 is 1.81 bits per heavy atom. The van der Waals surface area contributed by atoms with Gasteiger partial charge in [-0.05, 0) is 24.1 Å². The highest BCUT2D eigenvalue weighted by atomic mass is 16.2. The fourth-order valence-corrected chi connectivity index (χ4v) is 3.48. The van der Waals surface area contributed by atoms with Crippen molar-refractivity contribution >= 4 is 22.7 Å². The van der Waals surface area contributed by atoms with Crippen LogP contribution in [0.4, 0.5) is 0 Å². The van der Waals surface area contributed by atoms with Gasteiger partial charge in [0.25, 0.3) is 5.91 Å². The molecule has 0 fully saturated rings. The predicted molar refractivity (Wildman–Crippen MR) is 122 cm³/mol. The summed E-state index contributed by atoms with van der Waals surface area (Å²) >= 11 is 0. The molecule has 4 N–H and O–H groups in total. The standard InChI is InChI=1S/C24H23N5O3/c1-2-18(23-26-13-20(29-23)15-8-4-3-5-9-15)28-21(30)14-27-24(32)17-12-25-19-11-7-6-10-16(19)22(17)31/h3-13,18H,2,14H2,1H3,(H,25,31)(H,26,29)(H,27,32)(H,28,30). The van der Waals surface area contributed by atoms with Crippen LogP contribution in [0.25, 0.3) is 22.2 Å². The number of fused-ring (bicyclic) bond motifs is 1. The molecule has 2 aromatic carbocycles. The van der Waals surface area contributed by atoms with Crippen molar-refractivity contribution in [3.63, 3.8) is 0 Å². The SMILES string of the molecule is CCC(NC(=O)CNC(=O)c1c[nH]c2ccccc2c1=O)c1ncc(-c2ccccc2)[nH]1. The fourth-order valence-electron chi connectivity index (χ4n) is 3.48. The monoisotopic (exact) mass is 429 g/mol. The van der Waals surface area contributed by atoms with Crippen molar-refractivity contribution in [3.8, 4) is 11.3 Å². The average Bonchev–Trinajstić information content (AvgIpc) is 3.32. The van der Waals surface area contributed by atoms with E-state index in [2.05, 4.69) is 25.6 Å². The van der Waals surface area contributed by atoms with Gasteiger partial charge >= 0.3 is 0 Å². The Morgan fingerprint density at radius 3 is 2.59 bits per heavy atom. The van der Waals surface area contributed by atoms with Crippen LogP contribution in [0.5, 0.6) is 0 Å². The lowest BCUT2D eigenvalue weighted by atomic mass is 10.1. The van der Waals surface area contributed by atoms with E-state index in [-0.39, 0.29) is 29.5 Å². The summed E-state index contributed by atoms with van der Waals surface area (Å²) < 4.78 is 0. The van der Waals surface area contributed by atoms with E-state index in [9.17, 15) is 14.4 Å². The Labute approximate surface area is 184 Å². The molecule has 0 saturated carbocycles. The summed E-state index contributed by atoms with van der Waals surface area (Å²) in [5.74, 6) is -0.346. The van der Waals surface area contributed by atoms with Crippen LogP contribution in [0.1, 0.15) is 35.6 Å². The third-order valence-corrected chi connectivity index (χ3v) is 5.20. The summed E-state index contributed by atoms with van der Waals surface area (Å²) in [6.07, 6.45) is 3.71. The van der Waals surface area contributed by atoms with E-state index in [0.29, 0.717) is 23.1 Å². The van der Waals surface area contributed by atoms with Gasteiger partial charge in [-0.3, -0.25) is 14.4 Å². The van der Waals surface area contributed by atoms with Crippen LogP contribution in [0.2, 0.25) is 0 Å². The second-order valence-electron chi connectivity index (χ2n) is 7.34. The maximum absolute atomic E-state index is 12.5. The third kappa shape index (κ3) is 4.44. The molecule has 1 unspecified atom stereocenters. The summed E-state index contributed by atoms with van der Waals surface area (Å²) in [6.45, 7) is 1.68. The second-order valence-corrected chi connectivity index (χ2v) is 7.34. The van der Waals surface area contributed by atoms with Gasteiger partial charge < -0.3 is 20.6 Å². The minimum Gasteiger partial charge on any atom is -0.360 e. The maximum Gasteiger partial charge on any atom is 0.257 e. The van der Waals surface area contributed by atoms with Crippen molar-refractivity contribution in [2.45, 2.75) is 19.4 Å². The van der Waals surface area contributed by atoms with E-state index in [1.807, 2.05) is 37.3 Å². The summed E-state index contributed by atoms with van der Waals surface area (Å²) in [6, 6.07) is 16.4. The quantitative estimate of drug-likeness (QED) is 0.361. The lowest BCUT2D eigenvalue weighted by Gasteiger charge is -2.15. The van der Waals surface area contributed by atoms with Crippen molar-refractivity contribution in [1.29, 1.82) is 0 Å². The van der Waals surface area contributed by atoms with Gasteiger partial charge in [0.2, 0.25) is 11.3 Å². The van der Waals surface area contributed by atoms with Crippen LogP contribution in [0, 0.1) is 0 Å². The molecular formula is C24H23N5O3. The molecule has 0 bridgehead atoms. The first-order valence-electron chi connectivity index (χ1n) is 10.3. The summed E-state index contributed by atoms with van der Waals surface area (Å²) in [5, 5.41) is 5.80. The minimum absolute atomic E-state index is 0.0397. The largest absolute Gasteiger partial charge is 0.360 e. The molecule has 162 valence electrons. The molecule has 0 aliphatic heterocycles. The van der Waals surface area contributed by atoms with Gasteiger partial charge in [0.1, 0.15) is 11.4 Å². The highest BCUT2D eigenvalue weighted by Crippen LogP contribution is 2.20. The van der Waals surface area contributed by atoms with E-state index < -0.39 is 5.91 Å². The number of hydrogen-bond acceptors (Lipinski definition) is 4. The van der Waals surface area contributed by atoms with Crippen LogP contribution in [-0.4, -0.2) is 33.3 Å². The number of pyridine rings is 1. The van der Waals surface area contributed by atoms with Crippen molar-refractivity contribution in [2.75, 3.05) is 6.54 Å². The number of carbonyl (C=O) groups excluding carboxylic acids is 2. The molecule has 8 nitrogen and oxygen atoms in total. The van der Waals surface area contributed by atoms with Gasteiger partial charge in [-0.15, -0.1) is 0 Å². The lowest BCUT2D eigenvalue weighted by Crippen LogP contribution is -2.40. The van der Waals surface area contributed by atoms with E-state index in [1.54, 1.807) is 30.5 Å². The molecule has 1 atom stereocenters. The molecule has 0 saturated heterocycles. The van der Waals surface area contributed by atoms with Crippen molar-refractivity contribution in [1.82, 2.24) is 25.6 Å². The van der Waals surface area contributed by atoms with Crippen LogP contribution in [-0.2, 0) is 4.79 Å². The van der Waals surface area contributed by atoms with Gasteiger partial charge in [0.05, 0.1) is 24.5 Å².